The van der Waals surface area contributed by atoms with Crippen LogP contribution in [-0.2, 0) is 9.53 Å². The van der Waals surface area contributed by atoms with E-state index in [2.05, 4.69) is 10.2 Å². The van der Waals surface area contributed by atoms with Gasteiger partial charge in [-0.2, -0.15) is 0 Å². The van der Waals surface area contributed by atoms with Crippen molar-refractivity contribution in [1.29, 1.82) is 0 Å². The highest BCUT2D eigenvalue weighted by Gasteiger charge is 2.16. The second-order valence-electron chi connectivity index (χ2n) is 5.99. The molecular weight excluding hydrogens is 336 g/mol. The fourth-order valence-electron chi connectivity index (χ4n) is 2.71. The molecule has 0 aromatic heterocycles. The summed E-state index contributed by atoms with van der Waals surface area (Å²) in [6, 6.07) is 13.6. The van der Waals surface area contributed by atoms with Crippen LogP contribution in [-0.4, -0.2) is 32.2 Å². The third kappa shape index (κ3) is 4.84. The van der Waals surface area contributed by atoms with E-state index < -0.39 is 0 Å². The SMILES string of the molecule is Cc1ccc(/C=C/C(=O)Nc2cc(Cl)ccc2N2CCOCC2)cc1. The zero-order valence-corrected chi connectivity index (χ0v) is 14.9. The fourth-order valence-corrected chi connectivity index (χ4v) is 2.88. The van der Waals surface area contributed by atoms with E-state index in [4.69, 9.17) is 16.3 Å². The third-order valence-electron chi connectivity index (χ3n) is 4.07. The summed E-state index contributed by atoms with van der Waals surface area (Å²) >= 11 is 6.11. The Morgan fingerprint density at radius 1 is 1.16 bits per heavy atom. The minimum atomic E-state index is -0.183. The first kappa shape index (κ1) is 17.5. The van der Waals surface area contributed by atoms with Gasteiger partial charge in [-0.25, -0.2) is 0 Å². The summed E-state index contributed by atoms with van der Waals surface area (Å²) in [6.45, 7) is 4.99. The minimum absolute atomic E-state index is 0.183. The molecule has 2 aromatic carbocycles. The Hall–Kier alpha value is -2.30. The number of benzene rings is 2. The lowest BCUT2D eigenvalue weighted by Crippen LogP contribution is -2.36. The number of halogens is 1. The van der Waals surface area contributed by atoms with Crippen LogP contribution in [0.4, 0.5) is 11.4 Å². The molecule has 0 atom stereocenters. The first-order valence-electron chi connectivity index (χ1n) is 8.30. The van der Waals surface area contributed by atoms with E-state index in [1.54, 1.807) is 12.1 Å². The number of hydrogen-bond acceptors (Lipinski definition) is 3. The average molecular weight is 357 g/mol. The van der Waals surface area contributed by atoms with Gasteiger partial charge in [-0.3, -0.25) is 4.79 Å². The maximum atomic E-state index is 12.3. The molecule has 5 heteroatoms. The standard InChI is InChI=1S/C20H21ClN2O2/c1-15-2-4-16(5-3-15)6-9-20(24)22-18-14-17(21)7-8-19(18)23-10-12-25-13-11-23/h2-9,14H,10-13H2,1H3,(H,22,24)/b9-6+. The van der Waals surface area contributed by atoms with E-state index in [0.29, 0.717) is 23.9 Å². The molecular formula is C20H21ClN2O2. The second-order valence-corrected chi connectivity index (χ2v) is 6.43. The molecule has 0 saturated carbocycles. The lowest BCUT2D eigenvalue weighted by atomic mass is 10.1. The molecule has 25 heavy (non-hydrogen) atoms. The Bertz CT molecular complexity index is 766. The number of morpholine rings is 1. The summed E-state index contributed by atoms with van der Waals surface area (Å²) in [5.74, 6) is -0.183. The van der Waals surface area contributed by atoms with Gasteiger partial charge in [0, 0.05) is 24.2 Å². The van der Waals surface area contributed by atoms with Crippen LogP contribution in [0.15, 0.2) is 48.5 Å². The summed E-state index contributed by atoms with van der Waals surface area (Å²) in [7, 11) is 0. The monoisotopic (exact) mass is 356 g/mol. The molecule has 2 aromatic rings. The van der Waals surface area contributed by atoms with Gasteiger partial charge in [0.1, 0.15) is 0 Å². The molecule has 1 aliphatic heterocycles. The number of hydrogen-bond donors (Lipinski definition) is 1. The summed E-state index contributed by atoms with van der Waals surface area (Å²) in [5, 5.41) is 3.53. The van der Waals surface area contributed by atoms with Crippen LogP contribution in [0.2, 0.25) is 5.02 Å². The molecule has 1 N–H and O–H groups in total. The van der Waals surface area contributed by atoms with Crippen LogP contribution in [0.1, 0.15) is 11.1 Å². The zero-order chi connectivity index (χ0) is 17.6. The predicted molar refractivity (Wildman–Crippen MR) is 103 cm³/mol. The molecule has 0 unspecified atom stereocenters. The van der Waals surface area contributed by atoms with Crippen molar-refractivity contribution >= 4 is 35.0 Å². The second kappa shape index (κ2) is 8.19. The number of aryl methyl sites for hydroxylation is 1. The van der Waals surface area contributed by atoms with Gasteiger partial charge in [0.05, 0.1) is 24.6 Å². The van der Waals surface area contributed by atoms with Gasteiger partial charge in [0.25, 0.3) is 0 Å². The van der Waals surface area contributed by atoms with Gasteiger partial charge in [-0.15, -0.1) is 0 Å². The van der Waals surface area contributed by atoms with Gasteiger partial charge in [0.15, 0.2) is 0 Å². The molecule has 130 valence electrons. The van der Waals surface area contributed by atoms with Crippen LogP contribution in [0.3, 0.4) is 0 Å². The highest BCUT2D eigenvalue weighted by atomic mass is 35.5. The number of carbonyl (C=O) groups excluding carboxylic acids is 1. The number of carbonyl (C=O) groups is 1. The normalized spacial score (nSPS) is 14.7. The van der Waals surface area contributed by atoms with Gasteiger partial charge in [-0.1, -0.05) is 41.4 Å². The van der Waals surface area contributed by atoms with Gasteiger partial charge < -0.3 is 15.0 Å². The molecule has 1 heterocycles. The molecule has 3 rings (SSSR count). The Balaban J connectivity index is 1.73. The van der Waals surface area contributed by atoms with E-state index in [1.807, 2.05) is 43.3 Å². The summed E-state index contributed by atoms with van der Waals surface area (Å²) in [4.78, 5) is 14.5. The van der Waals surface area contributed by atoms with Crippen LogP contribution >= 0.6 is 11.6 Å². The fraction of sp³-hybridized carbons (Fsp3) is 0.250. The lowest BCUT2D eigenvalue weighted by Gasteiger charge is -2.30. The van der Waals surface area contributed by atoms with E-state index in [0.717, 1.165) is 24.3 Å². The van der Waals surface area contributed by atoms with Gasteiger partial charge in [0.2, 0.25) is 5.91 Å². The van der Waals surface area contributed by atoms with Gasteiger partial charge in [-0.05, 0) is 36.8 Å². The summed E-state index contributed by atoms with van der Waals surface area (Å²) < 4.78 is 5.40. The van der Waals surface area contributed by atoms with E-state index >= 15 is 0 Å². The Kier molecular flexibility index (Phi) is 5.74. The molecule has 1 fully saturated rings. The molecule has 0 aliphatic carbocycles. The number of ether oxygens (including phenoxy) is 1. The van der Waals surface area contributed by atoms with Crippen molar-refractivity contribution < 1.29 is 9.53 Å². The first-order valence-corrected chi connectivity index (χ1v) is 8.67. The molecule has 1 amide bonds. The minimum Gasteiger partial charge on any atom is -0.378 e. The van der Waals surface area contributed by atoms with E-state index in [-0.39, 0.29) is 5.91 Å². The van der Waals surface area contributed by atoms with Crippen molar-refractivity contribution in [2.24, 2.45) is 0 Å². The van der Waals surface area contributed by atoms with E-state index in [9.17, 15) is 4.79 Å². The Labute approximate surface area is 153 Å². The molecule has 0 bridgehead atoms. The predicted octanol–water partition coefficient (Wildman–Crippen LogP) is 4.14. The number of nitrogens with one attached hydrogen (secondary N) is 1. The molecule has 0 radical (unpaired) electrons. The Morgan fingerprint density at radius 2 is 1.88 bits per heavy atom. The maximum Gasteiger partial charge on any atom is 0.248 e. The number of anilines is 2. The first-order chi connectivity index (χ1) is 12.1. The number of rotatable bonds is 4. The lowest BCUT2D eigenvalue weighted by molar-refractivity contribution is -0.111. The third-order valence-corrected chi connectivity index (χ3v) is 4.31. The zero-order valence-electron chi connectivity index (χ0n) is 14.2. The van der Waals surface area contributed by atoms with Crippen molar-refractivity contribution in [2.75, 3.05) is 36.5 Å². The number of amides is 1. The van der Waals surface area contributed by atoms with Crippen molar-refractivity contribution in [3.8, 4) is 0 Å². The van der Waals surface area contributed by atoms with Crippen molar-refractivity contribution in [3.63, 3.8) is 0 Å². The maximum absolute atomic E-state index is 12.3. The highest BCUT2D eigenvalue weighted by Crippen LogP contribution is 2.30. The van der Waals surface area contributed by atoms with E-state index in [1.165, 1.54) is 11.6 Å². The smallest absolute Gasteiger partial charge is 0.248 e. The van der Waals surface area contributed by atoms with Crippen LogP contribution in [0, 0.1) is 6.92 Å². The summed E-state index contributed by atoms with van der Waals surface area (Å²) in [5.41, 5.74) is 3.86. The largest absolute Gasteiger partial charge is 0.378 e. The topological polar surface area (TPSA) is 41.6 Å². The van der Waals surface area contributed by atoms with Crippen molar-refractivity contribution in [3.05, 3.63) is 64.7 Å². The highest BCUT2D eigenvalue weighted by molar-refractivity contribution is 6.31. The number of nitrogens with zero attached hydrogens (tertiary/aromatic N) is 1. The van der Waals surface area contributed by atoms with Gasteiger partial charge >= 0.3 is 0 Å². The van der Waals surface area contributed by atoms with Crippen LogP contribution < -0.4 is 10.2 Å². The summed E-state index contributed by atoms with van der Waals surface area (Å²) in [6.07, 6.45) is 3.34. The van der Waals surface area contributed by atoms with Crippen molar-refractivity contribution in [2.45, 2.75) is 6.92 Å². The Morgan fingerprint density at radius 3 is 2.60 bits per heavy atom. The molecule has 1 aliphatic rings. The van der Waals surface area contributed by atoms with Crippen LogP contribution in [0.5, 0.6) is 0 Å². The quantitative estimate of drug-likeness (QED) is 0.837. The average Bonchev–Trinajstić information content (AvgIpc) is 2.62. The molecule has 4 nitrogen and oxygen atoms in total. The van der Waals surface area contributed by atoms with Crippen LogP contribution in [0.25, 0.3) is 6.08 Å². The molecule has 0 spiro atoms. The van der Waals surface area contributed by atoms with Crippen molar-refractivity contribution in [1.82, 2.24) is 0 Å². The molecule has 1 saturated heterocycles.